The Bertz CT molecular complexity index is 1740. The van der Waals surface area contributed by atoms with Gasteiger partial charge in [-0.2, -0.15) is 18.4 Å². The van der Waals surface area contributed by atoms with Crippen LogP contribution in [0.1, 0.15) is 60.2 Å². The monoisotopic (exact) mass is 672 g/mol. The summed E-state index contributed by atoms with van der Waals surface area (Å²) in [5.74, 6) is 1.18. The van der Waals surface area contributed by atoms with Gasteiger partial charge >= 0.3 is 6.18 Å². The number of benzene rings is 1. The van der Waals surface area contributed by atoms with E-state index in [0.717, 1.165) is 80.6 Å². The summed E-state index contributed by atoms with van der Waals surface area (Å²) in [4.78, 5) is 12.6. The highest BCUT2D eigenvalue weighted by molar-refractivity contribution is 7.88. The molecule has 0 saturated carbocycles. The molecule has 2 saturated heterocycles. The fourth-order valence-electron chi connectivity index (χ4n) is 7.46. The molecule has 1 aromatic carbocycles. The molecule has 47 heavy (non-hydrogen) atoms. The molecule has 2 fully saturated rings. The van der Waals surface area contributed by atoms with E-state index in [1.807, 2.05) is 6.07 Å². The van der Waals surface area contributed by atoms with Crippen molar-refractivity contribution in [2.75, 3.05) is 50.8 Å². The van der Waals surface area contributed by atoms with Crippen molar-refractivity contribution in [1.82, 2.24) is 28.6 Å². The number of nitrogens with one attached hydrogen (secondary N) is 1. The Kier molecular flexibility index (Phi) is 9.81. The van der Waals surface area contributed by atoms with Gasteiger partial charge in [0.2, 0.25) is 10.0 Å². The average molecular weight is 673 g/mol. The zero-order valence-electron chi connectivity index (χ0n) is 27.1. The quantitative estimate of drug-likeness (QED) is 0.350. The second-order valence-corrected chi connectivity index (χ2v) is 15.4. The number of likely N-dealkylation sites (tertiary alicyclic amines) is 1. The van der Waals surface area contributed by atoms with Crippen molar-refractivity contribution in [2.45, 2.75) is 77.3 Å². The van der Waals surface area contributed by atoms with E-state index in [4.69, 9.17) is 0 Å². The highest BCUT2D eigenvalue weighted by Gasteiger charge is 2.33. The second kappa shape index (κ2) is 13.7. The fourth-order valence-corrected chi connectivity index (χ4v) is 8.33. The molecule has 14 heteroatoms. The van der Waals surface area contributed by atoms with E-state index in [1.165, 1.54) is 28.6 Å². The second-order valence-electron chi connectivity index (χ2n) is 13.4. The number of sulfonamides is 1. The Morgan fingerprint density at radius 3 is 2.47 bits per heavy atom. The first kappa shape index (κ1) is 33.6. The summed E-state index contributed by atoms with van der Waals surface area (Å²) in [5.41, 5.74) is 5.75. The van der Waals surface area contributed by atoms with Crippen molar-refractivity contribution in [3.8, 4) is 6.07 Å². The Morgan fingerprint density at radius 1 is 1.04 bits per heavy atom. The van der Waals surface area contributed by atoms with E-state index in [0.29, 0.717) is 43.4 Å². The summed E-state index contributed by atoms with van der Waals surface area (Å²) < 4.78 is 66.1. The smallest absolute Gasteiger partial charge is 0.367 e. The van der Waals surface area contributed by atoms with Crippen molar-refractivity contribution < 1.29 is 21.6 Å². The first-order valence-electron chi connectivity index (χ1n) is 16.5. The van der Waals surface area contributed by atoms with E-state index in [2.05, 4.69) is 49.9 Å². The third-order valence-electron chi connectivity index (χ3n) is 10.2. The number of aryl methyl sites for hydroxylation is 2. The van der Waals surface area contributed by atoms with Gasteiger partial charge < -0.3 is 9.88 Å². The molecule has 6 rings (SSSR count). The number of halogens is 3. The maximum atomic E-state index is 12.9. The Hall–Kier alpha value is -3.25. The number of nitriles is 1. The van der Waals surface area contributed by atoms with Crippen LogP contribution in [0.4, 0.5) is 19.0 Å². The molecule has 0 aliphatic carbocycles. The standard InChI is InChI=1S/C33H43F3N8O2S/c1-23-25(3-4-31-29(23)17-27(18-37)44(31)16-7-24-5-14-43(15-6-24)47(2,45)46)19-41-11-8-26(9-12-41)40-32-28-10-13-42(21-33(34,35)36)20-30(28)38-22-39-32/h3-4,17,22,24,26H,5-16,19-21H2,1-2H3,(H,38,39,40). The molecule has 5 heterocycles. The van der Waals surface area contributed by atoms with E-state index in [9.17, 15) is 26.9 Å². The largest absolute Gasteiger partial charge is 0.401 e. The third kappa shape index (κ3) is 7.91. The highest BCUT2D eigenvalue weighted by Crippen LogP contribution is 2.31. The third-order valence-corrected chi connectivity index (χ3v) is 11.5. The number of aromatic nitrogens is 3. The Morgan fingerprint density at radius 2 is 1.79 bits per heavy atom. The number of nitrogens with zero attached hydrogens (tertiary/aromatic N) is 7. The number of anilines is 1. The molecule has 0 atom stereocenters. The van der Waals surface area contributed by atoms with Gasteiger partial charge in [0.05, 0.1) is 18.5 Å². The van der Waals surface area contributed by atoms with E-state index in [1.54, 1.807) is 4.31 Å². The molecule has 2 aromatic heterocycles. The molecule has 0 amide bonds. The minimum Gasteiger partial charge on any atom is -0.367 e. The Labute approximate surface area is 274 Å². The predicted molar refractivity (Wildman–Crippen MR) is 174 cm³/mol. The van der Waals surface area contributed by atoms with Crippen molar-refractivity contribution in [2.24, 2.45) is 5.92 Å². The maximum Gasteiger partial charge on any atom is 0.401 e. The number of alkyl halides is 3. The lowest BCUT2D eigenvalue weighted by atomic mass is 9.94. The van der Waals surface area contributed by atoms with Gasteiger partial charge in [-0.3, -0.25) is 9.80 Å². The predicted octanol–water partition coefficient (Wildman–Crippen LogP) is 4.67. The molecule has 3 aliphatic rings. The molecule has 0 unspecified atom stereocenters. The number of fused-ring (bicyclic) bond motifs is 2. The van der Waals surface area contributed by atoms with Gasteiger partial charge in [0.25, 0.3) is 0 Å². The SMILES string of the molecule is Cc1c(CN2CCC(Nc3ncnc4c3CCN(CC(F)(F)F)C4)CC2)ccc2c1cc(C#N)n2CCC1CCN(S(C)(=O)=O)CC1. The molecule has 0 radical (unpaired) electrons. The molecular formula is C33H43F3N8O2S. The number of hydrogen-bond donors (Lipinski definition) is 1. The summed E-state index contributed by atoms with van der Waals surface area (Å²) in [6.07, 6.45) is 3.44. The minimum absolute atomic E-state index is 0.181. The first-order chi connectivity index (χ1) is 22.4. The summed E-state index contributed by atoms with van der Waals surface area (Å²) in [7, 11) is -3.15. The maximum absolute atomic E-state index is 12.9. The van der Waals surface area contributed by atoms with Crippen LogP contribution in [0.3, 0.4) is 0 Å². The van der Waals surface area contributed by atoms with E-state index >= 15 is 0 Å². The van der Waals surface area contributed by atoms with Crippen LogP contribution < -0.4 is 5.32 Å². The van der Waals surface area contributed by atoms with Gasteiger partial charge in [-0.15, -0.1) is 0 Å². The van der Waals surface area contributed by atoms with Crippen LogP contribution in [0.25, 0.3) is 10.9 Å². The zero-order valence-corrected chi connectivity index (χ0v) is 27.9. The molecule has 0 bridgehead atoms. The molecule has 0 spiro atoms. The van der Waals surface area contributed by atoms with Gasteiger partial charge in [-0.05, 0) is 74.6 Å². The van der Waals surface area contributed by atoms with Crippen LogP contribution in [-0.4, -0.2) is 94.8 Å². The lowest BCUT2D eigenvalue weighted by molar-refractivity contribution is -0.147. The van der Waals surface area contributed by atoms with Gasteiger partial charge in [0.1, 0.15) is 23.9 Å². The van der Waals surface area contributed by atoms with Gasteiger partial charge in [0, 0.05) is 74.9 Å². The van der Waals surface area contributed by atoms with Crippen molar-refractivity contribution in [3.05, 3.63) is 52.6 Å². The number of hydrogen-bond acceptors (Lipinski definition) is 8. The lowest BCUT2D eigenvalue weighted by Crippen LogP contribution is -2.40. The van der Waals surface area contributed by atoms with Crippen LogP contribution in [-0.2, 0) is 36.1 Å². The molecular weight excluding hydrogens is 629 g/mol. The fraction of sp³-hybridized carbons (Fsp3) is 0.606. The molecule has 1 N–H and O–H groups in total. The van der Waals surface area contributed by atoms with E-state index < -0.39 is 22.7 Å². The van der Waals surface area contributed by atoms with Crippen LogP contribution in [0.2, 0.25) is 0 Å². The van der Waals surface area contributed by atoms with Crippen LogP contribution >= 0.6 is 0 Å². The van der Waals surface area contributed by atoms with Crippen molar-refractivity contribution >= 4 is 26.7 Å². The molecule has 3 aromatic rings. The summed E-state index contributed by atoms with van der Waals surface area (Å²) in [6.45, 7) is 6.21. The number of rotatable bonds is 9. The molecule has 254 valence electrons. The first-order valence-corrected chi connectivity index (χ1v) is 18.3. The van der Waals surface area contributed by atoms with Gasteiger partial charge in [0.15, 0.2) is 0 Å². The lowest BCUT2D eigenvalue weighted by Gasteiger charge is -2.34. The summed E-state index contributed by atoms with van der Waals surface area (Å²) in [5, 5.41) is 14.6. The van der Waals surface area contributed by atoms with Crippen molar-refractivity contribution in [3.63, 3.8) is 0 Å². The van der Waals surface area contributed by atoms with Crippen LogP contribution in [0.15, 0.2) is 24.5 Å². The minimum atomic E-state index is -4.22. The van der Waals surface area contributed by atoms with Crippen molar-refractivity contribution in [1.29, 1.82) is 5.26 Å². The summed E-state index contributed by atoms with van der Waals surface area (Å²) >= 11 is 0. The number of piperidine rings is 2. The van der Waals surface area contributed by atoms with Crippen LogP contribution in [0, 0.1) is 24.2 Å². The van der Waals surface area contributed by atoms with Crippen LogP contribution in [0.5, 0.6) is 0 Å². The van der Waals surface area contributed by atoms with E-state index in [-0.39, 0.29) is 12.6 Å². The summed E-state index contributed by atoms with van der Waals surface area (Å²) in [6, 6.07) is 8.93. The van der Waals surface area contributed by atoms with Gasteiger partial charge in [-0.25, -0.2) is 22.7 Å². The van der Waals surface area contributed by atoms with Gasteiger partial charge in [-0.1, -0.05) is 6.07 Å². The topological polar surface area (TPSA) is 110 Å². The molecule has 3 aliphatic heterocycles. The zero-order chi connectivity index (χ0) is 33.3. The average Bonchev–Trinajstić information content (AvgIpc) is 3.39. The molecule has 10 nitrogen and oxygen atoms in total. The normalized spacial score (nSPS) is 19.6. The highest BCUT2D eigenvalue weighted by atomic mass is 32.2. The Balaban J connectivity index is 1.04.